The van der Waals surface area contributed by atoms with Crippen LogP contribution in [0.3, 0.4) is 0 Å². The minimum Gasteiger partial charge on any atom is -0.375 e. The summed E-state index contributed by atoms with van der Waals surface area (Å²) in [6, 6.07) is 10.2. The fourth-order valence-electron chi connectivity index (χ4n) is 1.77. The van der Waals surface area contributed by atoms with E-state index < -0.39 is 0 Å². The number of aliphatic imine (C=N–C) groups is 1. The standard InChI is InChI=1S/C17H27N3O/c1-3-5-9-12-19-17(18-4-2)20-13-14-21-15-16-10-7-6-8-11-16/h3,5-8,10-11H,4,9,12-15H2,1-2H3,(H2,18,19,20)/b5-3+. The summed E-state index contributed by atoms with van der Waals surface area (Å²) >= 11 is 0. The molecule has 0 fully saturated rings. The molecule has 0 atom stereocenters. The summed E-state index contributed by atoms with van der Waals surface area (Å²) in [5, 5.41) is 6.52. The smallest absolute Gasteiger partial charge is 0.191 e. The third-order valence-electron chi connectivity index (χ3n) is 2.80. The van der Waals surface area contributed by atoms with E-state index in [1.165, 1.54) is 5.56 Å². The van der Waals surface area contributed by atoms with Gasteiger partial charge in [0.1, 0.15) is 0 Å². The largest absolute Gasteiger partial charge is 0.375 e. The second kappa shape index (κ2) is 12.0. The minimum absolute atomic E-state index is 0.625. The van der Waals surface area contributed by atoms with Gasteiger partial charge in [0.15, 0.2) is 5.96 Å². The van der Waals surface area contributed by atoms with E-state index in [-0.39, 0.29) is 0 Å². The van der Waals surface area contributed by atoms with E-state index in [9.17, 15) is 0 Å². The lowest BCUT2D eigenvalue weighted by molar-refractivity contribution is 0.128. The first-order valence-corrected chi connectivity index (χ1v) is 7.61. The van der Waals surface area contributed by atoms with E-state index in [4.69, 9.17) is 4.74 Å². The normalized spacial score (nSPS) is 11.8. The number of nitrogens with zero attached hydrogens (tertiary/aromatic N) is 1. The van der Waals surface area contributed by atoms with Gasteiger partial charge in [0.25, 0.3) is 0 Å². The average molecular weight is 289 g/mol. The third kappa shape index (κ3) is 8.87. The van der Waals surface area contributed by atoms with Gasteiger partial charge in [-0.05, 0) is 25.8 Å². The zero-order valence-electron chi connectivity index (χ0n) is 13.1. The molecule has 0 saturated heterocycles. The summed E-state index contributed by atoms with van der Waals surface area (Å²) in [6.45, 7) is 7.77. The van der Waals surface area contributed by atoms with E-state index in [1.54, 1.807) is 0 Å². The summed E-state index contributed by atoms with van der Waals surface area (Å²) in [5.74, 6) is 0.852. The Labute approximate surface area is 128 Å². The van der Waals surface area contributed by atoms with E-state index in [1.807, 2.05) is 25.1 Å². The van der Waals surface area contributed by atoms with Gasteiger partial charge in [-0.3, -0.25) is 4.99 Å². The number of benzene rings is 1. The summed E-state index contributed by atoms with van der Waals surface area (Å²) in [4.78, 5) is 4.49. The molecule has 2 N–H and O–H groups in total. The molecule has 4 heteroatoms. The fraction of sp³-hybridized carbons (Fsp3) is 0.471. The first-order valence-electron chi connectivity index (χ1n) is 7.61. The number of guanidine groups is 1. The highest BCUT2D eigenvalue weighted by Crippen LogP contribution is 1.99. The first-order chi connectivity index (χ1) is 10.4. The molecule has 21 heavy (non-hydrogen) atoms. The van der Waals surface area contributed by atoms with Crippen molar-refractivity contribution in [3.63, 3.8) is 0 Å². The second-order valence-corrected chi connectivity index (χ2v) is 4.58. The monoisotopic (exact) mass is 289 g/mol. The molecule has 0 aliphatic rings. The first kappa shape index (κ1) is 17.2. The molecule has 116 valence electrons. The highest BCUT2D eigenvalue weighted by molar-refractivity contribution is 5.79. The van der Waals surface area contributed by atoms with Gasteiger partial charge in [0, 0.05) is 13.1 Å². The number of allylic oxidation sites excluding steroid dienone is 1. The molecule has 1 aromatic carbocycles. The maximum atomic E-state index is 5.62. The number of hydrogen-bond acceptors (Lipinski definition) is 2. The molecular weight excluding hydrogens is 262 g/mol. The van der Waals surface area contributed by atoms with Gasteiger partial charge in [-0.2, -0.15) is 0 Å². The van der Waals surface area contributed by atoms with Crippen molar-refractivity contribution in [1.82, 2.24) is 10.6 Å². The highest BCUT2D eigenvalue weighted by Gasteiger charge is 1.95. The van der Waals surface area contributed by atoms with Crippen molar-refractivity contribution in [2.75, 3.05) is 26.2 Å². The summed E-state index contributed by atoms with van der Waals surface area (Å²) in [6.07, 6.45) is 5.20. The molecule has 1 aromatic rings. The van der Waals surface area contributed by atoms with E-state index in [0.29, 0.717) is 19.8 Å². The Morgan fingerprint density at radius 3 is 2.76 bits per heavy atom. The van der Waals surface area contributed by atoms with Crippen molar-refractivity contribution in [2.45, 2.75) is 26.9 Å². The van der Waals surface area contributed by atoms with Crippen LogP contribution < -0.4 is 10.6 Å². The van der Waals surface area contributed by atoms with E-state index >= 15 is 0 Å². The Balaban J connectivity index is 2.20. The number of ether oxygens (including phenoxy) is 1. The summed E-state index contributed by atoms with van der Waals surface area (Å²) in [7, 11) is 0. The second-order valence-electron chi connectivity index (χ2n) is 4.58. The molecule has 0 aliphatic heterocycles. The number of nitrogens with one attached hydrogen (secondary N) is 2. The molecule has 0 bridgehead atoms. The predicted molar refractivity (Wildman–Crippen MR) is 89.5 cm³/mol. The highest BCUT2D eigenvalue weighted by atomic mass is 16.5. The Morgan fingerprint density at radius 2 is 2.05 bits per heavy atom. The molecule has 4 nitrogen and oxygen atoms in total. The molecule has 0 aliphatic carbocycles. The molecule has 0 aromatic heterocycles. The molecule has 0 unspecified atom stereocenters. The van der Waals surface area contributed by atoms with Gasteiger partial charge in [-0.25, -0.2) is 0 Å². The van der Waals surface area contributed by atoms with Crippen molar-refractivity contribution >= 4 is 5.96 Å². The lowest BCUT2D eigenvalue weighted by atomic mass is 10.2. The van der Waals surface area contributed by atoms with E-state index in [2.05, 4.69) is 46.8 Å². The number of rotatable bonds is 9. The zero-order chi connectivity index (χ0) is 15.2. The van der Waals surface area contributed by atoms with Crippen molar-refractivity contribution < 1.29 is 4.74 Å². The minimum atomic E-state index is 0.625. The van der Waals surface area contributed by atoms with Crippen LogP contribution >= 0.6 is 0 Å². The lowest BCUT2D eigenvalue weighted by Gasteiger charge is -2.10. The van der Waals surface area contributed by atoms with Crippen LogP contribution in [0.15, 0.2) is 47.5 Å². The summed E-state index contributed by atoms with van der Waals surface area (Å²) < 4.78 is 5.62. The van der Waals surface area contributed by atoms with Gasteiger partial charge in [0.2, 0.25) is 0 Å². The Morgan fingerprint density at radius 1 is 1.24 bits per heavy atom. The van der Waals surface area contributed by atoms with Crippen molar-refractivity contribution in [3.8, 4) is 0 Å². The number of hydrogen-bond donors (Lipinski definition) is 2. The molecule has 1 rings (SSSR count). The molecule has 0 heterocycles. The molecular formula is C17H27N3O. The van der Waals surface area contributed by atoms with Crippen LogP contribution in [0.4, 0.5) is 0 Å². The predicted octanol–water partition coefficient (Wildman–Crippen LogP) is 2.72. The van der Waals surface area contributed by atoms with Crippen LogP contribution in [0.1, 0.15) is 25.8 Å². The fourth-order valence-corrected chi connectivity index (χ4v) is 1.77. The van der Waals surface area contributed by atoms with Gasteiger partial charge in [0.05, 0.1) is 19.8 Å². The van der Waals surface area contributed by atoms with Crippen LogP contribution in [0.2, 0.25) is 0 Å². The topological polar surface area (TPSA) is 45.7 Å². The van der Waals surface area contributed by atoms with Crippen LogP contribution in [0, 0.1) is 0 Å². The Bertz CT molecular complexity index is 415. The molecule has 0 radical (unpaired) electrons. The zero-order valence-corrected chi connectivity index (χ0v) is 13.1. The lowest BCUT2D eigenvalue weighted by Crippen LogP contribution is -2.37. The molecule has 0 amide bonds. The van der Waals surface area contributed by atoms with E-state index in [0.717, 1.165) is 25.5 Å². The van der Waals surface area contributed by atoms with Gasteiger partial charge in [-0.1, -0.05) is 42.5 Å². The van der Waals surface area contributed by atoms with Crippen molar-refractivity contribution in [3.05, 3.63) is 48.0 Å². The average Bonchev–Trinajstić information content (AvgIpc) is 2.52. The van der Waals surface area contributed by atoms with Crippen molar-refractivity contribution in [2.24, 2.45) is 4.99 Å². The quantitative estimate of drug-likeness (QED) is 0.318. The molecule has 0 spiro atoms. The molecule has 0 saturated carbocycles. The van der Waals surface area contributed by atoms with Crippen LogP contribution in [0.25, 0.3) is 0 Å². The maximum Gasteiger partial charge on any atom is 0.191 e. The van der Waals surface area contributed by atoms with Gasteiger partial charge in [-0.15, -0.1) is 0 Å². The SMILES string of the molecule is C/C=C/CCNC(=NCCOCc1ccccc1)NCC. The van der Waals surface area contributed by atoms with Gasteiger partial charge >= 0.3 is 0 Å². The van der Waals surface area contributed by atoms with Crippen molar-refractivity contribution in [1.29, 1.82) is 0 Å². The van der Waals surface area contributed by atoms with Gasteiger partial charge < -0.3 is 15.4 Å². The van der Waals surface area contributed by atoms with Crippen LogP contribution in [-0.4, -0.2) is 32.2 Å². The Kier molecular flexibility index (Phi) is 9.83. The maximum absolute atomic E-state index is 5.62. The Hall–Kier alpha value is -1.81. The summed E-state index contributed by atoms with van der Waals surface area (Å²) in [5.41, 5.74) is 1.19. The van der Waals surface area contributed by atoms with Crippen LogP contribution in [-0.2, 0) is 11.3 Å². The van der Waals surface area contributed by atoms with Crippen LogP contribution in [0.5, 0.6) is 0 Å². The third-order valence-corrected chi connectivity index (χ3v) is 2.80.